The lowest BCUT2D eigenvalue weighted by atomic mass is 10.0. The largest absolute Gasteiger partial charge is 0.496 e. The predicted octanol–water partition coefficient (Wildman–Crippen LogP) is 10.3. The number of rotatable bonds is 9. The lowest BCUT2D eigenvalue weighted by molar-refractivity contribution is 0.324. The Kier molecular flexibility index (Phi) is 9.65. The minimum Gasteiger partial charge on any atom is -0.496 e. The molecule has 0 aliphatic carbocycles. The quantitative estimate of drug-likeness (QED) is 0.131. The summed E-state index contributed by atoms with van der Waals surface area (Å²) in [5.74, 6) is 4.91. The monoisotopic (exact) mass is 783 g/mol. The van der Waals surface area contributed by atoms with E-state index in [2.05, 4.69) is 67.4 Å². The molecule has 1 aliphatic rings. The van der Waals surface area contributed by atoms with Gasteiger partial charge in [-0.25, -0.2) is 9.97 Å². The van der Waals surface area contributed by atoms with Crippen LogP contribution in [0.2, 0.25) is 0 Å². The van der Waals surface area contributed by atoms with Crippen LogP contribution in [-0.2, 0) is 6.42 Å². The Morgan fingerprint density at radius 1 is 0.576 bits per heavy atom. The molecule has 59 heavy (non-hydrogen) atoms. The van der Waals surface area contributed by atoms with Crippen LogP contribution in [0.1, 0.15) is 11.1 Å². The molecule has 0 atom stereocenters. The highest BCUT2D eigenvalue weighted by Crippen LogP contribution is 2.42. The SMILES string of the molecule is COc1cc(-c2cccc3[nH]c(-c4ccc5c(c4)CC=N5)nc23)cc(OC)c1C.COc1cc(-c2nccc3[nH]c(-c4ccc5[nH]ccc5c4)nc23)cc(OC)c1OC. The van der Waals surface area contributed by atoms with Crippen LogP contribution < -0.4 is 23.7 Å². The van der Waals surface area contributed by atoms with E-state index in [1.54, 1.807) is 41.7 Å². The second-order valence-electron chi connectivity index (χ2n) is 14.0. The van der Waals surface area contributed by atoms with E-state index in [9.17, 15) is 0 Å². The normalized spacial score (nSPS) is 11.8. The van der Waals surface area contributed by atoms with Crippen molar-refractivity contribution in [2.45, 2.75) is 13.3 Å². The zero-order valence-corrected chi connectivity index (χ0v) is 33.4. The van der Waals surface area contributed by atoms with Crippen molar-refractivity contribution in [1.29, 1.82) is 0 Å². The summed E-state index contributed by atoms with van der Waals surface area (Å²) < 4.78 is 27.5. The van der Waals surface area contributed by atoms with E-state index in [0.29, 0.717) is 17.2 Å². The first kappa shape index (κ1) is 37.0. The zero-order chi connectivity index (χ0) is 40.6. The fourth-order valence-corrected chi connectivity index (χ4v) is 7.61. The average molecular weight is 784 g/mol. The minimum atomic E-state index is 0.540. The molecule has 5 heterocycles. The van der Waals surface area contributed by atoms with Gasteiger partial charge in [0.25, 0.3) is 0 Å². The molecule has 5 aromatic carbocycles. The summed E-state index contributed by atoms with van der Waals surface area (Å²) in [7, 11) is 8.13. The summed E-state index contributed by atoms with van der Waals surface area (Å²) in [6.07, 6.45) is 6.51. The number of benzene rings is 5. The van der Waals surface area contributed by atoms with Gasteiger partial charge in [-0.1, -0.05) is 12.1 Å². The van der Waals surface area contributed by atoms with E-state index in [-0.39, 0.29) is 0 Å². The van der Waals surface area contributed by atoms with E-state index >= 15 is 0 Å². The highest BCUT2D eigenvalue weighted by atomic mass is 16.5. The van der Waals surface area contributed by atoms with Gasteiger partial charge in [-0.3, -0.25) is 9.98 Å². The Morgan fingerprint density at radius 2 is 1.24 bits per heavy atom. The molecular weight excluding hydrogens is 743 g/mol. The van der Waals surface area contributed by atoms with Crippen molar-refractivity contribution in [3.8, 4) is 73.9 Å². The first-order valence-corrected chi connectivity index (χ1v) is 19.0. The van der Waals surface area contributed by atoms with Gasteiger partial charge in [-0.05, 0) is 96.9 Å². The number of pyridine rings is 1. The van der Waals surface area contributed by atoms with Crippen LogP contribution in [0, 0.1) is 6.92 Å². The van der Waals surface area contributed by atoms with Gasteiger partial charge >= 0.3 is 0 Å². The van der Waals surface area contributed by atoms with Crippen LogP contribution in [0.4, 0.5) is 5.69 Å². The van der Waals surface area contributed by atoms with E-state index < -0.39 is 0 Å². The Hall–Kier alpha value is -7.60. The molecule has 0 saturated heterocycles. The Balaban J connectivity index is 0.000000152. The molecule has 10 rings (SSSR count). The summed E-state index contributed by atoms with van der Waals surface area (Å²) in [6.45, 7) is 1.99. The molecule has 1 aliphatic heterocycles. The van der Waals surface area contributed by atoms with Crippen LogP contribution in [-0.4, -0.2) is 71.7 Å². The van der Waals surface area contributed by atoms with E-state index in [0.717, 1.165) is 107 Å². The molecule has 4 aromatic heterocycles. The molecule has 12 nitrogen and oxygen atoms in total. The molecule has 0 bridgehead atoms. The number of para-hydroxylation sites is 1. The van der Waals surface area contributed by atoms with Gasteiger partial charge < -0.3 is 38.6 Å². The zero-order valence-electron chi connectivity index (χ0n) is 33.4. The maximum atomic E-state index is 5.56. The van der Waals surface area contributed by atoms with Crippen LogP contribution in [0.3, 0.4) is 0 Å². The molecule has 12 heteroatoms. The van der Waals surface area contributed by atoms with Crippen molar-refractivity contribution in [1.82, 2.24) is 29.9 Å². The standard InChI is InChI=1S/C24H21N3O2.C23H20N4O3/c1-14-21(28-2)12-17(13-22(14)29-3)18-5-4-6-20-23(18)27-24(26-20)16-7-8-19-15(11-16)9-10-25-19;1-28-18-11-15(12-19(29-2)22(18)30-3)20-21-17(7-9-25-20)26-23(27-21)14-4-5-16-13(10-14)6-8-24-16/h4-8,10-13H,9H2,1-3H3,(H,26,27);4-12,24H,1-3H3,(H,26,27). The number of methoxy groups -OCH3 is 5. The smallest absolute Gasteiger partial charge is 0.203 e. The summed E-state index contributed by atoms with van der Waals surface area (Å²) >= 11 is 0. The van der Waals surface area contributed by atoms with Crippen LogP contribution in [0.25, 0.3) is 78.1 Å². The molecule has 0 spiro atoms. The Bertz CT molecular complexity index is 3000. The molecule has 294 valence electrons. The van der Waals surface area contributed by atoms with Gasteiger partial charge in [0.1, 0.15) is 28.7 Å². The second kappa shape index (κ2) is 15.4. The fourth-order valence-electron chi connectivity index (χ4n) is 7.61. The highest BCUT2D eigenvalue weighted by molar-refractivity contribution is 5.95. The third-order valence-electron chi connectivity index (χ3n) is 10.6. The number of aromatic nitrogens is 6. The number of nitrogens with zero attached hydrogens (tertiary/aromatic N) is 4. The molecule has 3 N–H and O–H groups in total. The third kappa shape index (κ3) is 6.74. The second-order valence-corrected chi connectivity index (χ2v) is 14.0. The topological polar surface area (TPSA) is 145 Å². The average Bonchev–Trinajstić information content (AvgIpc) is 4.11. The Labute approximate surface area is 339 Å². The number of nitrogens with one attached hydrogen (secondary N) is 3. The maximum Gasteiger partial charge on any atom is 0.203 e. The van der Waals surface area contributed by atoms with Crippen molar-refractivity contribution < 1.29 is 23.7 Å². The molecule has 0 fully saturated rings. The van der Waals surface area contributed by atoms with Crippen molar-refractivity contribution in [2.75, 3.05) is 35.5 Å². The summed E-state index contributed by atoms with van der Waals surface area (Å²) in [4.78, 5) is 28.9. The first-order chi connectivity index (χ1) is 28.9. The van der Waals surface area contributed by atoms with Crippen LogP contribution >= 0.6 is 0 Å². The van der Waals surface area contributed by atoms with Crippen molar-refractivity contribution >= 4 is 44.9 Å². The van der Waals surface area contributed by atoms with Gasteiger partial charge in [-0.2, -0.15) is 0 Å². The number of fused-ring (bicyclic) bond motifs is 4. The maximum absolute atomic E-state index is 5.56. The van der Waals surface area contributed by atoms with Gasteiger partial charge in [0, 0.05) is 63.7 Å². The number of aromatic amines is 3. The summed E-state index contributed by atoms with van der Waals surface area (Å²) in [5.41, 5.74) is 13.6. The molecule has 9 aromatic rings. The molecular formula is C47H41N7O5. The first-order valence-electron chi connectivity index (χ1n) is 19.0. The van der Waals surface area contributed by atoms with Crippen molar-refractivity contribution in [3.05, 3.63) is 115 Å². The number of hydrogen-bond donors (Lipinski definition) is 3. The Morgan fingerprint density at radius 3 is 1.95 bits per heavy atom. The number of hydrogen-bond acceptors (Lipinski definition) is 9. The number of H-pyrrole nitrogens is 3. The van der Waals surface area contributed by atoms with Gasteiger partial charge in [0.15, 0.2) is 11.5 Å². The fraction of sp³-hybridized carbons (Fsp3) is 0.149. The number of imidazole rings is 2. The van der Waals surface area contributed by atoms with Crippen molar-refractivity contribution in [2.24, 2.45) is 4.99 Å². The lowest BCUT2D eigenvalue weighted by Gasteiger charge is -2.14. The van der Waals surface area contributed by atoms with Gasteiger partial charge in [0.05, 0.1) is 63.5 Å². The summed E-state index contributed by atoms with van der Waals surface area (Å²) in [5, 5.41) is 1.14. The van der Waals surface area contributed by atoms with E-state index in [4.69, 9.17) is 33.7 Å². The molecule has 0 saturated carbocycles. The predicted molar refractivity (Wildman–Crippen MR) is 233 cm³/mol. The van der Waals surface area contributed by atoms with Gasteiger partial charge in [0.2, 0.25) is 5.75 Å². The minimum absolute atomic E-state index is 0.540. The third-order valence-corrected chi connectivity index (χ3v) is 10.6. The van der Waals surface area contributed by atoms with E-state index in [1.807, 2.05) is 67.9 Å². The number of aliphatic imine (C=N–C) groups is 1. The van der Waals surface area contributed by atoms with Crippen LogP contribution in [0.15, 0.2) is 108 Å². The van der Waals surface area contributed by atoms with Crippen LogP contribution in [0.5, 0.6) is 28.7 Å². The molecule has 0 radical (unpaired) electrons. The number of ether oxygens (including phenoxy) is 5. The highest BCUT2D eigenvalue weighted by Gasteiger charge is 2.19. The van der Waals surface area contributed by atoms with Gasteiger partial charge in [-0.15, -0.1) is 0 Å². The van der Waals surface area contributed by atoms with Crippen molar-refractivity contribution in [3.63, 3.8) is 0 Å². The van der Waals surface area contributed by atoms with E-state index in [1.165, 1.54) is 5.56 Å². The molecule has 0 amide bonds. The lowest BCUT2D eigenvalue weighted by Crippen LogP contribution is -1.96. The summed E-state index contributed by atoms with van der Waals surface area (Å²) in [6, 6.07) is 30.4. The molecule has 0 unspecified atom stereocenters.